The molecule has 0 aromatic carbocycles. The average Bonchev–Trinajstić information content (AvgIpc) is 2.84. The first-order valence-electron chi connectivity index (χ1n) is 7.22. The lowest BCUT2D eigenvalue weighted by Gasteiger charge is -2.42. The summed E-state index contributed by atoms with van der Waals surface area (Å²) in [5.41, 5.74) is -0.268. The summed E-state index contributed by atoms with van der Waals surface area (Å²) in [6.45, 7) is 9.20. The minimum absolute atomic E-state index is 0.268. The van der Waals surface area contributed by atoms with Gasteiger partial charge >= 0.3 is 0 Å². The first-order valence-corrected chi connectivity index (χ1v) is 7.22. The highest BCUT2D eigenvalue weighted by atomic mass is 15.3. The van der Waals surface area contributed by atoms with Crippen molar-refractivity contribution < 1.29 is 0 Å². The largest absolute Gasteiger partial charge is 0.302 e. The van der Waals surface area contributed by atoms with Crippen LogP contribution in [0.1, 0.15) is 33.1 Å². The van der Waals surface area contributed by atoms with Crippen molar-refractivity contribution in [3.8, 4) is 6.07 Å². The lowest BCUT2D eigenvalue weighted by molar-refractivity contribution is 0.0590. The van der Waals surface area contributed by atoms with E-state index in [2.05, 4.69) is 35.0 Å². The van der Waals surface area contributed by atoms with Crippen LogP contribution in [0, 0.1) is 11.3 Å². The Morgan fingerprint density at radius 2 is 2.22 bits per heavy atom. The first-order chi connectivity index (χ1) is 8.64. The molecular formula is C14H26N4. The van der Waals surface area contributed by atoms with E-state index in [0.29, 0.717) is 12.1 Å². The zero-order valence-corrected chi connectivity index (χ0v) is 11.9. The van der Waals surface area contributed by atoms with Gasteiger partial charge in [0.2, 0.25) is 0 Å². The molecule has 3 unspecified atom stereocenters. The minimum atomic E-state index is -0.268. The molecule has 1 saturated heterocycles. The monoisotopic (exact) mass is 250 g/mol. The van der Waals surface area contributed by atoms with Gasteiger partial charge in [-0.2, -0.15) is 5.26 Å². The van der Waals surface area contributed by atoms with E-state index in [9.17, 15) is 5.26 Å². The molecule has 2 rings (SSSR count). The van der Waals surface area contributed by atoms with Gasteiger partial charge in [-0.15, -0.1) is 0 Å². The lowest BCUT2D eigenvalue weighted by atomic mass is 9.99. The van der Waals surface area contributed by atoms with Gasteiger partial charge in [0.25, 0.3) is 0 Å². The molecule has 4 heteroatoms. The summed E-state index contributed by atoms with van der Waals surface area (Å²) in [5.74, 6) is 0. The number of likely N-dealkylation sites (N-methyl/N-ethyl adjacent to an activating group) is 1. The predicted molar refractivity (Wildman–Crippen MR) is 73.3 cm³/mol. The molecule has 3 atom stereocenters. The van der Waals surface area contributed by atoms with Gasteiger partial charge in [0.1, 0.15) is 5.54 Å². The van der Waals surface area contributed by atoms with Gasteiger partial charge in [0.15, 0.2) is 0 Å². The summed E-state index contributed by atoms with van der Waals surface area (Å²) in [5, 5.41) is 12.6. The van der Waals surface area contributed by atoms with Crippen molar-refractivity contribution in [3.05, 3.63) is 0 Å². The van der Waals surface area contributed by atoms with Crippen LogP contribution < -0.4 is 5.32 Å². The Bertz CT molecular complexity index is 324. The van der Waals surface area contributed by atoms with E-state index in [4.69, 9.17) is 0 Å². The van der Waals surface area contributed by atoms with Crippen molar-refractivity contribution in [3.63, 3.8) is 0 Å². The Labute approximate surface area is 111 Å². The summed E-state index contributed by atoms with van der Waals surface area (Å²) in [6, 6.07) is 3.72. The van der Waals surface area contributed by atoms with E-state index in [0.717, 1.165) is 38.9 Å². The number of piperazine rings is 1. The molecule has 1 N–H and O–H groups in total. The maximum absolute atomic E-state index is 9.33. The molecule has 1 aliphatic heterocycles. The molecule has 18 heavy (non-hydrogen) atoms. The molecule has 4 nitrogen and oxygen atoms in total. The van der Waals surface area contributed by atoms with Gasteiger partial charge in [0, 0.05) is 31.7 Å². The standard InChI is InChI=1S/C14H26N4/c1-4-17-7-8-18(10-12(17)2)13-5-6-14(9-13,11-15)16-3/h12-13,16H,4-10H2,1-3H3. The number of hydrogen-bond acceptors (Lipinski definition) is 4. The van der Waals surface area contributed by atoms with E-state index < -0.39 is 0 Å². The van der Waals surface area contributed by atoms with Gasteiger partial charge in [-0.05, 0) is 39.8 Å². The molecule has 0 spiro atoms. The second kappa shape index (κ2) is 5.56. The fourth-order valence-corrected chi connectivity index (χ4v) is 3.54. The second-order valence-corrected chi connectivity index (χ2v) is 5.81. The summed E-state index contributed by atoms with van der Waals surface area (Å²) < 4.78 is 0. The second-order valence-electron chi connectivity index (χ2n) is 5.81. The van der Waals surface area contributed by atoms with E-state index in [-0.39, 0.29) is 5.54 Å². The SMILES string of the molecule is CCN1CCN(C2CCC(C#N)(NC)C2)CC1C. The van der Waals surface area contributed by atoms with Crippen LogP contribution in [0.5, 0.6) is 0 Å². The van der Waals surface area contributed by atoms with Crippen molar-refractivity contribution in [2.24, 2.45) is 0 Å². The third kappa shape index (κ3) is 2.54. The highest BCUT2D eigenvalue weighted by molar-refractivity contribution is 5.13. The molecule has 0 bridgehead atoms. The molecule has 1 saturated carbocycles. The van der Waals surface area contributed by atoms with Gasteiger partial charge in [0.05, 0.1) is 6.07 Å². The highest BCUT2D eigenvalue weighted by Gasteiger charge is 2.41. The number of nitrogens with zero attached hydrogens (tertiary/aromatic N) is 3. The van der Waals surface area contributed by atoms with E-state index in [1.54, 1.807) is 0 Å². The number of nitrogens with one attached hydrogen (secondary N) is 1. The number of nitriles is 1. The number of rotatable bonds is 3. The fraction of sp³-hybridized carbons (Fsp3) is 0.929. The van der Waals surface area contributed by atoms with E-state index in [1.807, 2.05) is 7.05 Å². The maximum Gasteiger partial charge on any atom is 0.108 e. The summed E-state index contributed by atoms with van der Waals surface area (Å²) >= 11 is 0. The Hall–Kier alpha value is -0.630. The zero-order chi connectivity index (χ0) is 13.2. The van der Waals surface area contributed by atoms with Crippen molar-refractivity contribution >= 4 is 0 Å². The van der Waals surface area contributed by atoms with Crippen molar-refractivity contribution in [2.75, 3.05) is 33.2 Å². The Balaban J connectivity index is 1.93. The Morgan fingerprint density at radius 1 is 1.44 bits per heavy atom. The van der Waals surface area contributed by atoms with Crippen LogP contribution in [-0.4, -0.2) is 60.6 Å². The van der Waals surface area contributed by atoms with Crippen molar-refractivity contribution in [2.45, 2.75) is 50.7 Å². The van der Waals surface area contributed by atoms with Crippen LogP contribution >= 0.6 is 0 Å². The number of hydrogen-bond donors (Lipinski definition) is 1. The van der Waals surface area contributed by atoms with Crippen molar-refractivity contribution in [1.29, 1.82) is 5.26 Å². The molecular weight excluding hydrogens is 224 g/mol. The zero-order valence-electron chi connectivity index (χ0n) is 11.9. The summed E-state index contributed by atoms with van der Waals surface area (Å²) in [6.07, 6.45) is 3.14. The lowest BCUT2D eigenvalue weighted by Crippen LogP contribution is -2.54. The minimum Gasteiger partial charge on any atom is -0.302 e. The van der Waals surface area contributed by atoms with Gasteiger partial charge in [-0.1, -0.05) is 6.92 Å². The molecule has 0 aromatic heterocycles. The predicted octanol–water partition coefficient (Wildman–Crippen LogP) is 1.05. The third-order valence-corrected chi connectivity index (χ3v) is 4.90. The van der Waals surface area contributed by atoms with Crippen LogP contribution in [0.25, 0.3) is 0 Å². The first kappa shape index (κ1) is 13.8. The average molecular weight is 250 g/mol. The van der Waals surface area contributed by atoms with Crippen LogP contribution in [0.4, 0.5) is 0 Å². The summed E-state index contributed by atoms with van der Waals surface area (Å²) in [4.78, 5) is 5.15. The van der Waals surface area contributed by atoms with Gasteiger partial charge in [-0.25, -0.2) is 0 Å². The molecule has 2 fully saturated rings. The van der Waals surface area contributed by atoms with Crippen molar-refractivity contribution in [1.82, 2.24) is 15.1 Å². The van der Waals surface area contributed by atoms with Crippen LogP contribution in [0.3, 0.4) is 0 Å². The molecule has 0 radical (unpaired) electrons. The third-order valence-electron chi connectivity index (χ3n) is 4.90. The molecule has 1 heterocycles. The topological polar surface area (TPSA) is 42.3 Å². The molecule has 102 valence electrons. The van der Waals surface area contributed by atoms with Gasteiger partial charge < -0.3 is 5.32 Å². The van der Waals surface area contributed by atoms with Crippen LogP contribution in [0.15, 0.2) is 0 Å². The Morgan fingerprint density at radius 3 is 2.72 bits per heavy atom. The quantitative estimate of drug-likeness (QED) is 0.813. The van der Waals surface area contributed by atoms with E-state index >= 15 is 0 Å². The Kier molecular flexibility index (Phi) is 4.26. The molecule has 0 amide bonds. The highest BCUT2D eigenvalue weighted by Crippen LogP contribution is 2.33. The molecule has 1 aliphatic carbocycles. The summed E-state index contributed by atoms with van der Waals surface area (Å²) in [7, 11) is 1.92. The van der Waals surface area contributed by atoms with E-state index in [1.165, 1.54) is 6.54 Å². The fourth-order valence-electron chi connectivity index (χ4n) is 3.54. The van der Waals surface area contributed by atoms with Gasteiger partial charge in [-0.3, -0.25) is 9.80 Å². The maximum atomic E-state index is 9.33. The van der Waals surface area contributed by atoms with Crippen LogP contribution in [-0.2, 0) is 0 Å². The van der Waals surface area contributed by atoms with Crippen LogP contribution in [0.2, 0.25) is 0 Å². The molecule has 2 aliphatic rings. The molecule has 0 aromatic rings. The normalized spacial score (nSPS) is 38.8. The smallest absolute Gasteiger partial charge is 0.108 e.